The lowest BCUT2D eigenvalue weighted by Crippen LogP contribution is -2.26. The molecular formula is C25H23N3O5. The Labute approximate surface area is 190 Å². The average molecular weight is 445 g/mol. The van der Waals surface area contributed by atoms with Gasteiger partial charge >= 0.3 is 0 Å². The minimum absolute atomic E-state index is 0.0642. The summed E-state index contributed by atoms with van der Waals surface area (Å²) in [6.07, 6.45) is 0. The van der Waals surface area contributed by atoms with Crippen molar-refractivity contribution in [2.24, 2.45) is 0 Å². The predicted molar refractivity (Wildman–Crippen MR) is 124 cm³/mol. The topological polar surface area (TPSA) is 106 Å². The van der Waals surface area contributed by atoms with Crippen molar-refractivity contribution in [3.8, 4) is 11.5 Å². The summed E-state index contributed by atoms with van der Waals surface area (Å²) in [7, 11) is 0. The molecule has 1 aliphatic rings. The summed E-state index contributed by atoms with van der Waals surface area (Å²) in [6.45, 7) is 1.77. The molecule has 0 radical (unpaired) electrons. The molecule has 8 nitrogen and oxygen atoms in total. The third kappa shape index (κ3) is 5.30. The number of Topliss-reactive ketones (excluding diaryl/α,β-unsaturated/α-hetero) is 1. The van der Waals surface area contributed by atoms with Crippen molar-refractivity contribution in [3.05, 3.63) is 83.4 Å². The maximum absolute atomic E-state index is 12.7. The van der Waals surface area contributed by atoms with Crippen LogP contribution in [0.1, 0.15) is 33.2 Å². The maximum atomic E-state index is 12.7. The molecule has 3 aromatic rings. The van der Waals surface area contributed by atoms with Gasteiger partial charge in [0, 0.05) is 23.9 Å². The third-order valence-electron chi connectivity index (χ3n) is 5.07. The number of hydrogen-bond donors (Lipinski definition) is 3. The van der Waals surface area contributed by atoms with Crippen molar-refractivity contribution in [2.75, 3.05) is 24.0 Å². The van der Waals surface area contributed by atoms with Crippen LogP contribution in [0, 0.1) is 0 Å². The summed E-state index contributed by atoms with van der Waals surface area (Å²) >= 11 is 0. The van der Waals surface area contributed by atoms with Crippen LogP contribution in [-0.2, 0) is 11.3 Å². The van der Waals surface area contributed by atoms with Crippen LogP contribution in [0.3, 0.4) is 0 Å². The molecular weight excluding hydrogens is 422 g/mol. The van der Waals surface area contributed by atoms with Gasteiger partial charge in [0.1, 0.15) is 0 Å². The van der Waals surface area contributed by atoms with Gasteiger partial charge in [-0.3, -0.25) is 14.4 Å². The number of ketones is 1. The summed E-state index contributed by atoms with van der Waals surface area (Å²) in [5.74, 6) is 0.0836. The minimum Gasteiger partial charge on any atom is -0.454 e. The van der Waals surface area contributed by atoms with Gasteiger partial charge in [0.2, 0.25) is 12.7 Å². The van der Waals surface area contributed by atoms with E-state index < -0.39 is 0 Å². The zero-order valence-electron chi connectivity index (χ0n) is 18.0. The van der Waals surface area contributed by atoms with Crippen LogP contribution in [-0.4, -0.2) is 30.9 Å². The number of carbonyl (C=O) groups excluding carboxylic acids is 3. The Hall–Kier alpha value is -4.33. The summed E-state index contributed by atoms with van der Waals surface area (Å²) in [4.78, 5) is 37.3. The highest BCUT2D eigenvalue weighted by atomic mass is 16.7. The number of rotatable bonds is 8. The van der Waals surface area contributed by atoms with Crippen molar-refractivity contribution < 1.29 is 23.9 Å². The van der Waals surface area contributed by atoms with E-state index in [0.717, 1.165) is 5.56 Å². The second-order valence-corrected chi connectivity index (χ2v) is 7.42. The van der Waals surface area contributed by atoms with Gasteiger partial charge in [-0.2, -0.15) is 0 Å². The molecule has 0 bridgehead atoms. The van der Waals surface area contributed by atoms with E-state index in [1.54, 1.807) is 36.4 Å². The first kappa shape index (κ1) is 21.9. The Kier molecular flexibility index (Phi) is 6.54. The molecule has 0 unspecified atom stereocenters. The van der Waals surface area contributed by atoms with E-state index in [-0.39, 0.29) is 30.9 Å². The molecule has 4 rings (SSSR count). The Morgan fingerprint density at radius 1 is 0.848 bits per heavy atom. The number of benzene rings is 3. The standard InChI is InChI=1S/C25H23N3O5/c1-16(29)19-11-22-23(33-15-32-22)12-21(19)28-24(30)14-26-20-10-6-5-9-18(20)25(31)27-13-17-7-3-2-4-8-17/h2-12,26H,13-15H2,1H3,(H,27,31)(H,28,30). The highest BCUT2D eigenvalue weighted by Gasteiger charge is 2.20. The van der Waals surface area contributed by atoms with Crippen LogP contribution in [0.25, 0.3) is 0 Å². The van der Waals surface area contributed by atoms with Crippen LogP contribution in [0.2, 0.25) is 0 Å². The number of para-hydroxylation sites is 1. The number of nitrogens with one attached hydrogen (secondary N) is 3. The zero-order chi connectivity index (χ0) is 23.2. The Balaban J connectivity index is 1.40. The number of anilines is 2. The van der Waals surface area contributed by atoms with Gasteiger partial charge in [-0.15, -0.1) is 0 Å². The van der Waals surface area contributed by atoms with Crippen molar-refractivity contribution >= 4 is 29.0 Å². The van der Waals surface area contributed by atoms with E-state index in [1.165, 1.54) is 6.92 Å². The van der Waals surface area contributed by atoms with Crippen molar-refractivity contribution in [1.82, 2.24) is 5.32 Å². The van der Waals surface area contributed by atoms with E-state index in [2.05, 4.69) is 16.0 Å². The van der Waals surface area contributed by atoms with Crippen LogP contribution < -0.4 is 25.4 Å². The summed E-state index contributed by atoms with van der Waals surface area (Å²) < 4.78 is 10.6. The summed E-state index contributed by atoms with van der Waals surface area (Å²) in [6, 6.07) is 19.7. The second kappa shape index (κ2) is 9.86. The monoisotopic (exact) mass is 445 g/mol. The van der Waals surface area contributed by atoms with E-state index in [4.69, 9.17) is 9.47 Å². The van der Waals surface area contributed by atoms with Crippen LogP contribution >= 0.6 is 0 Å². The third-order valence-corrected chi connectivity index (χ3v) is 5.07. The normalized spacial score (nSPS) is 11.5. The predicted octanol–water partition coefficient (Wildman–Crippen LogP) is 3.60. The fourth-order valence-electron chi connectivity index (χ4n) is 3.42. The van der Waals surface area contributed by atoms with Crippen LogP contribution in [0.5, 0.6) is 11.5 Å². The van der Waals surface area contributed by atoms with E-state index in [9.17, 15) is 14.4 Å². The van der Waals surface area contributed by atoms with Crippen molar-refractivity contribution in [3.63, 3.8) is 0 Å². The molecule has 0 saturated heterocycles. The van der Waals surface area contributed by atoms with Gasteiger partial charge in [-0.25, -0.2) is 0 Å². The van der Waals surface area contributed by atoms with Gasteiger partial charge in [0.05, 0.1) is 17.8 Å². The lowest BCUT2D eigenvalue weighted by Gasteiger charge is -2.14. The average Bonchev–Trinajstić information content (AvgIpc) is 3.29. The van der Waals surface area contributed by atoms with E-state index >= 15 is 0 Å². The first-order valence-electron chi connectivity index (χ1n) is 10.4. The summed E-state index contributed by atoms with van der Waals surface area (Å²) in [5, 5.41) is 8.61. The Bertz CT molecular complexity index is 1190. The highest BCUT2D eigenvalue weighted by Crippen LogP contribution is 2.37. The van der Waals surface area contributed by atoms with E-state index in [1.807, 2.05) is 30.3 Å². The minimum atomic E-state index is -0.379. The first-order valence-corrected chi connectivity index (χ1v) is 10.4. The smallest absolute Gasteiger partial charge is 0.253 e. The van der Waals surface area contributed by atoms with Crippen LogP contribution in [0.4, 0.5) is 11.4 Å². The molecule has 0 saturated carbocycles. The SMILES string of the molecule is CC(=O)c1cc2c(cc1NC(=O)CNc1ccccc1C(=O)NCc1ccccc1)OCO2. The molecule has 0 spiro atoms. The number of carbonyl (C=O) groups is 3. The van der Waals surface area contributed by atoms with Crippen LogP contribution in [0.15, 0.2) is 66.7 Å². The maximum Gasteiger partial charge on any atom is 0.253 e. The Morgan fingerprint density at radius 3 is 2.30 bits per heavy atom. The second-order valence-electron chi connectivity index (χ2n) is 7.42. The molecule has 0 aliphatic carbocycles. The number of ether oxygens (including phenoxy) is 2. The molecule has 2 amide bonds. The fraction of sp³-hybridized carbons (Fsp3) is 0.160. The van der Waals surface area contributed by atoms with Crippen molar-refractivity contribution in [1.29, 1.82) is 0 Å². The molecule has 0 aromatic heterocycles. The quantitative estimate of drug-likeness (QED) is 0.458. The largest absolute Gasteiger partial charge is 0.454 e. The highest BCUT2D eigenvalue weighted by molar-refractivity contribution is 6.06. The molecule has 0 atom stereocenters. The molecule has 168 valence electrons. The van der Waals surface area contributed by atoms with Gasteiger partial charge in [0.25, 0.3) is 5.91 Å². The lowest BCUT2D eigenvalue weighted by molar-refractivity contribution is -0.114. The molecule has 3 N–H and O–H groups in total. The zero-order valence-corrected chi connectivity index (χ0v) is 18.0. The summed E-state index contributed by atoms with van der Waals surface area (Å²) in [5.41, 5.74) is 2.60. The number of hydrogen-bond acceptors (Lipinski definition) is 6. The lowest BCUT2D eigenvalue weighted by atomic mass is 10.1. The molecule has 0 fully saturated rings. The van der Waals surface area contributed by atoms with Gasteiger partial charge < -0.3 is 25.4 Å². The molecule has 33 heavy (non-hydrogen) atoms. The van der Waals surface area contributed by atoms with E-state index in [0.29, 0.717) is 40.5 Å². The Morgan fingerprint density at radius 2 is 1.55 bits per heavy atom. The van der Waals surface area contributed by atoms with Gasteiger partial charge in [-0.1, -0.05) is 42.5 Å². The van der Waals surface area contributed by atoms with Crippen molar-refractivity contribution in [2.45, 2.75) is 13.5 Å². The van der Waals surface area contributed by atoms with Gasteiger partial charge in [-0.05, 0) is 30.7 Å². The number of amides is 2. The molecule has 8 heteroatoms. The number of fused-ring (bicyclic) bond motifs is 1. The molecule has 1 heterocycles. The molecule has 3 aromatic carbocycles. The first-order chi connectivity index (χ1) is 16.0. The molecule has 1 aliphatic heterocycles. The van der Waals surface area contributed by atoms with Gasteiger partial charge in [0.15, 0.2) is 17.3 Å². The fourth-order valence-corrected chi connectivity index (χ4v) is 3.42.